The number of halogens is 3. The van der Waals surface area contributed by atoms with E-state index in [4.69, 9.17) is 0 Å². The van der Waals surface area contributed by atoms with Crippen LogP contribution in [0.3, 0.4) is 0 Å². The molecule has 0 bridgehead atoms. The largest absolute Gasteiger partial charge is 0.442 e. The second kappa shape index (κ2) is 3.23. The highest BCUT2D eigenvalue weighted by molar-refractivity contribution is 7.79. The van der Waals surface area contributed by atoms with E-state index in [2.05, 4.69) is 22.9 Å². The predicted octanol–water partition coefficient (Wildman–Crippen LogP) is 3.30. The number of nitrogens with zero attached hydrogens (tertiary/aromatic N) is 2. The van der Waals surface area contributed by atoms with Gasteiger partial charge in [-0.25, -0.2) is 0 Å². The summed E-state index contributed by atoms with van der Waals surface area (Å²) in [5.41, 5.74) is -1.39. The van der Waals surface area contributed by atoms with Crippen molar-refractivity contribution in [2.45, 2.75) is 17.6 Å². The minimum atomic E-state index is -4.45. The second-order valence-corrected chi connectivity index (χ2v) is 3.54. The van der Waals surface area contributed by atoms with E-state index in [9.17, 15) is 13.2 Å². The number of hydrogen-bond donors (Lipinski definition) is 1. The van der Waals surface area contributed by atoms with Crippen LogP contribution in [0.5, 0.6) is 0 Å². The van der Waals surface area contributed by atoms with Crippen molar-refractivity contribution in [1.82, 2.24) is 0 Å². The summed E-state index contributed by atoms with van der Waals surface area (Å²) in [7, 11) is 0. The van der Waals surface area contributed by atoms with E-state index in [1.165, 1.54) is 12.1 Å². The number of thiol groups is 1. The summed E-state index contributed by atoms with van der Waals surface area (Å²) in [6, 6.07) is 5.97. The molecule has 6 heteroatoms. The van der Waals surface area contributed by atoms with Crippen molar-refractivity contribution in [1.29, 1.82) is 0 Å². The summed E-state index contributed by atoms with van der Waals surface area (Å²) in [5.74, 6) is 0.494. The Balaban J connectivity index is 2.31. The van der Waals surface area contributed by atoms with Crippen molar-refractivity contribution in [3.05, 3.63) is 35.4 Å². The van der Waals surface area contributed by atoms with Gasteiger partial charge in [-0.1, -0.05) is 24.3 Å². The third-order valence-electron chi connectivity index (χ3n) is 2.23. The first kappa shape index (κ1) is 10.5. The quantitative estimate of drug-likeness (QED) is 0.757. The van der Waals surface area contributed by atoms with Crippen LogP contribution in [-0.4, -0.2) is 6.18 Å². The molecule has 15 heavy (non-hydrogen) atoms. The normalized spacial score (nSPS) is 17.9. The summed E-state index contributed by atoms with van der Waals surface area (Å²) >= 11 is 4.02. The Bertz CT molecular complexity index is 391. The Labute approximate surface area is 89.6 Å². The molecule has 0 fully saturated rings. The van der Waals surface area contributed by atoms with E-state index in [0.717, 1.165) is 5.56 Å². The van der Waals surface area contributed by atoms with Gasteiger partial charge < -0.3 is 0 Å². The van der Waals surface area contributed by atoms with Crippen LogP contribution in [0.4, 0.5) is 13.2 Å². The Hall–Kier alpha value is -1.04. The van der Waals surface area contributed by atoms with Crippen LogP contribution in [0.1, 0.15) is 11.1 Å². The van der Waals surface area contributed by atoms with Crippen LogP contribution in [0.15, 0.2) is 34.5 Å². The van der Waals surface area contributed by atoms with Gasteiger partial charge in [0.25, 0.3) is 0 Å². The summed E-state index contributed by atoms with van der Waals surface area (Å²) in [6.07, 6.45) is -4.45. The number of hydrogen-bond acceptors (Lipinski definition) is 3. The van der Waals surface area contributed by atoms with E-state index >= 15 is 0 Å². The van der Waals surface area contributed by atoms with Gasteiger partial charge in [0, 0.05) is 11.3 Å². The van der Waals surface area contributed by atoms with Crippen LogP contribution in [0, 0.1) is 0 Å². The van der Waals surface area contributed by atoms with Crippen LogP contribution in [0.25, 0.3) is 0 Å². The molecule has 0 N–H and O–H groups in total. The molecule has 2 rings (SSSR count). The van der Waals surface area contributed by atoms with E-state index in [0.29, 0.717) is 5.75 Å². The topological polar surface area (TPSA) is 24.7 Å². The van der Waals surface area contributed by atoms with E-state index in [1.54, 1.807) is 12.1 Å². The monoisotopic (exact) mass is 232 g/mol. The lowest BCUT2D eigenvalue weighted by Gasteiger charge is -2.14. The molecule has 1 aromatic carbocycles. The van der Waals surface area contributed by atoms with Crippen LogP contribution >= 0.6 is 12.6 Å². The minimum Gasteiger partial charge on any atom is -0.175 e. The molecular formula is C9H7F3N2S. The molecular weight excluding hydrogens is 225 g/mol. The minimum absolute atomic E-state index is 0.0560. The van der Waals surface area contributed by atoms with E-state index in [-0.39, 0.29) is 5.56 Å². The van der Waals surface area contributed by atoms with Crippen molar-refractivity contribution in [2.24, 2.45) is 10.2 Å². The summed E-state index contributed by atoms with van der Waals surface area (Å²) in [6.45, 7) is 0. The zero-order chi connectivity index (χ0) is 11.1. The lowest BCUT2D eigenvalue weighted by Crippen LogP contribution is -2.30. The van der Waals surface area contributed by atoms with Crippen LogP contribution < -0.4 is 0 Å². The van der Waals surface area contributed by atoms with Gasteiger partial charge in [0.2, 0.25) is 0 Å². The molecule has 1 aliphatic heterocycles. The molecule has 0 unspecified atom stereocenters. The van der Waals surface area contributed by atoms with Gasteiger partial charge in [0.05, 0.1) is 0 Å². The fraction of sp³-hybridized carbons (Fsp3) is 0.333. The molecule has 1 heterocycles. The summed E-state index contributed by atoms with van der Waals surface area (Å²) < 4.78 is 37.7. The fourth-order valence-corrected chi connectivity index (χ4v) is 1.50. The molecule has 0 saturated carbocycles. The molecule has 0 amide bonds. The number of alkyl halides is 3. The maximum Gasteiger partial charge on any atom is 0.442 e. The van der Waals surface area contributed by atoms with Gasteiger partial charge in [-0.2, -0.15) is 25.8 Å². The lowest BCUT2D eigenvalue weighted by molar-refractivity contribution is -0.166. The lowest BCUT2D eigenvalue weighted by atomic mass is 10.0. The first-order valence-electron chi connectivity index (χ1n) is 4.21. The molecule has 1 aliphatic rings. The highest BCUT2D eigenvalue weighted by Crippen LogP contribution is 2.52. The van der Waals surface area contributed by atoms with E-state index < -0.39 is 11.8 Å². The standard InChI is InChI=1S/C9H7F3N2S/c10-9(11,12)8(13-14-8)7-3-1-6(5-15)2-4-7/h1-4,15H,5H2. The van der Waals surface area contributed by atoms with Gasteiger partial charge in [0.15, 0.2) is 0 Å². The maximum absolute atomic E-state index is 12.6. The highest BCUT2D eigenvalue weighted by atomic mass is 32.1. The second-order valence-electron chi connectivity index (χ2n) is 3.23. The van der Waals surface area contributed by atoms with Crippen molar-refractivity contribution in [2.75, 3.05) is 0 Å². The number of benzene rings is 1. The molecule has 1 aromatic rings. The van der Waals surface area contributed by atoms with Gasteiger partial charge in [-0.3, -0.25) is 0 Å². The van der Waals surface area contributed by atoms with Crippen LogP contribution in [0.2, 0.25) is 0 Å². The highest BCUT2D eigenvalue weighted by Gasteiger charge is 2.65. The average Bonchev–Trinajstić information content (AvgIpc) is 2.98. The zero-order valence-corrected chi connectivity index (χ0v) is 8.39. The third-order valence-corrected chi connectivity index (χ3v) is 2.60. The van der Waals surface area contributed by atoms with Gasteiger partial charge >= 0.3 is 11.8 Å². The van der Waals surface area contributed by atoms with Crippen molar-refractivity contribution >= 4 is 12.6 Å². The SMILES string of the molecule is FC(F)(F)C1(c2ccc(CS)cc2)N=N1. The predicted molar refractivity (Wildman–Crippen MR) is 51.7 cm³/mol. The molecule has 0 saturated heterocycles. The van der Waals surface area contributed by atoms with Crippen molar-refractivity contribution in [3.63, 3.8) is 0 Å². The number of rotatable bonds is 2. The molecule has 80 valence electrons. The first-order chi connectivity index (χ1) is 6.99. The Kier molecular flexibility index (Phi) is 2.26. The maximum atomic E-state index is 12.6. The van der Waals surface area contributed by atoms with Crippen molar-refractivity contribution in [3.8, 4) is 0 Å². The smallest absolute Gasteiger partial charge is 0.175 e. The molecule has 2 nitrogen and oxygen atoms in total. The Morgan fingerprint density at radius 1 is 1.13 bits per heavy atom. The van der Waals surface area contributed by atoms with Gasteiger partial charge in [0.1, 0.15) is 0 Å². The van der Waals surface area contributed by atoms with E-state index in [1.807, 2.05) is 0 Å². The Morgan fingerprint density at radius 2 is 1.67 bits per heavy atom. The average molecular weight is 232 g/mol. The summed E-state index contributed by atoms with van der Waals surface area (Å²) in [4.78, 5) is 0. The molecule has 0 radical (unpaired) electrons. The molecule has 0 aliphatic carbocycles. The fourth-order valence-electron chi connectivity index (χ4n) is 1.29. The third kappa shape index (κ3) is 1.62. The first-order valence-corrected chi connectivity index (χ1v) is 4.84. The van der Waals surface area contributed by atoms with Crippen LogP contribution in [-0.2, 0) is 11.4 Å². The Morgan fingerprint density at radius 3 is 2.00 bits per heavy atom. The zero-order valence-electron chi connectivity index (χ0n) is 7.49. The summed E-state index contributed by atoms with van der Waals surface area (Å²) in [5, 5.41) is 6.22. The van der Waals surface area contributed by atoms with Gasteiger partial charge in [-0.15, -0.1) is 10.2 Å². The molecule has 0 aromatic heterocycles. The molecule has 0 atom stereocenters. The molecule has 0 spiro atoms. The van der Waals surface area contributed by atoms with Crippen molar-refractivity contribution < 1.29 is 13.2 Å². The van der Waals surface area contributed by atoms with Gasteiger partial charge in [-0.05, 0) is 5.56 Å².